The van der Waals surface area contributed by atoms with Crippen molar-refractivity contribution in [2.75, 3.05) is 19.6 Å². The van der Waals surface area contributed by atoms with Crippen LogP contribution >= 0.6 is 0 Å². The van der Waals surface area contributed by atoms with Crippen LogP contribution in [0.5, 0.6) is 0 Å². The molecule has 3 atom stereocenters. The number of amides is 3. The van der Waals surface area contributed by atoms with Crippen molar-refractivity contribution < 1.29 is 14.4 Å². The monoisotopic (exact) mass is 734 g/mol. The van der Waals surface area contributed by atoms with Gasteiger partial charge in [-0.15, -0.1) is 0 Å². The van der Waals surface area contributed by atoms with Gasteiger partial charge in [-0.05, 0) is 72.0 Å². The Balaban J connectivity index is 1.45. The maximum Gasteiger partial charge on any atom is 0.243 e. The van der Waals surface area contributed by atoms with Crippen LogP contribution in [0.4, 0.5) is 0 Å². The fraction of sp³-hybridized carbons (Fsp3) is 0.317. The molecule has 4 aromatic carbocycles. The van der Waals surface area contributed by atoms with Crippen LogP contribution in [0.1, 0.15) is 36.8 Å². The van der Waals surface area contributed by atoms with Crippen molar-refractivity contribution in [3.8, 4) is 22.3 Å². The Morgan fingerprint density at radius 3 is 1.61 bits per heavy atom. The maximum absolute atomic E-state index is 13.9. The van der Waals surface area contributed by atoms with E-state index >= 15 is 0 Å². The number of hydrogen-bond donors (Lipinski definition) is 9. The minimum absolute atomic E-state index is 0.0156. The molecule has 4 aromatic rings. The van der Waals surface area contributed by atoms with Crippen LogP contribution in [0.25, 0.3) is 22.3 Å². The van der Waals surface area contributed by atoms with Gasteiger partial charge in [0.2, 0.25) is 17.7 Å². The molecule has 4 rings (SSSR count). The molecule has 0 fully saturated rings. The van der Waals surface area contributed by atoms with Gasteiger partial charge in [-0.1, -0.05) is 109 Å². The Morgan fingerprint density at radius 1 is 0.556 bits per heavy atom. The van der Waals surface area contributed by atoms with Crippen molar-refractivity contribution in [1.82, 2.24) is 21.3 Å². The van der Waals surface area contributed by atoms with E-state index in [2.05, 4.69) is 26.3 Å². The average molecular weight is 735 g/mol. The van der Waals surface area contributed by atoms with Gasteiger partial charge in [0.25, 0.3) is 0 Å². The van der Waals surface area contributed by atoms with Crippen LogP contribution in [-0.4, -0.2) is 67.7 Å². The number of rotatable bonds is 21. The van der Waals surface area contributed by atoms with E-state index in [-0.39, 0.29) is 31.1 Å². The Bertz CT molecular complexity index is 1760. The Morgan fingerprint density at radius 2 is 1.07 bits per heavy atom. The van der Waals surface area contributed by atoms with Crippen molar-refractivity contribution in [2.24, 2.45) is 33.7 Å². The lowest BCUT2D eigenvalue weighted by atomic mass is 9.99. The molecule has 0 radical (unpaired) electrons. The second-order valence-corrected chi connectivity index (χ2v) is 13.2. The van der Waals surface area contributed by atoms with E-state index in [1.54, 1.807) is 0 Å². The molecule has 0 aliphatic carbocycles. The fourth-order valence-corrected chi connectivity index (χ4v) is 5.89. The topological polar surface area (TPSA) is 242 Å². The summed E-state index contributed by atoms with van der Waals surface area (Å²) in [7, 11) is 0. The number of aliphatic imine (C=N–C) groups is 1. The Hall–Kier alpha value is -5.60. The highest BCUT2D eigenvalue weighted by atomic mass is 16.2. The fourth-order valence-electron chi connectivity index (χ4n) is 5.89. The predicted molar refractivity (Wildman–Crippen MR) is 215 cm³/mol. The molecule has 3 amide bonds. The molecule has 0 unspecified atom stereocenters. The van der Waals surface area contributed by atoms with Crippen LogP contribution in [0.15, 0.2) is 114 Å². The number of nitrogens with zero attached hydrogens (tertiary/aromatic N) is 1. The van der Waals surface area contributed by atoms with Gasteiger partial charge in [-0.2, -0.15) is 0 Å². The quantitative estimate of drug-likeness (QED) is 0.0262. The number of carbonyl (C=O) groups excluding carboxylic acids is 3. The van der Waals surface area contributed by atoms with E-state index in [1.807, 2.05) is 109 Å². The van der Waals surface area contributed by atoms with Crippen molar-refractivity contribution in [3.05, 3.63) is 120 Å². The van der Waals surface area contributed by atoms with E-state index in [4.69, 9.17) is 28.7 Å². The molecule has 14 N–H and O–H groups in total. The first-order chi connectivity index (χ1) is 26.1. The first kappa shape index (κ1) is 41.2. The zero-order valence-corrected chi connectivity index (χ0v) is 30.6. The molecule has 0 aliphatic rings. The highest BCUT2D eigenvalue weighted by molar-refractivity contribution is 5.93. The minimum atomic E-state index is -0.977. The number of guanidine groups is 1. The van der Waals surface area contributed by atoms with Crippen LogP contribution in [-0.2, 0) is 27.2 Å². The van der Waals surface area contributed by atoms with E-state index in [1.165, 1.54) is 0 Å². The van der Waals surface area contributed by atoms with Gasteiger partial charge in [0.1, 0.15) is 18.4 Å². The molecule has 0 aliphatic heterocycles. The third-order valence-electron chi connectivity index (χ3n) is 8.85. The van der Waals surface area contributed by atoms with Gasteiger partial charge in [0.15, 0.2) is 5.96 Å². The van der Waals surface area contributed by atoms with Gasteiger partial charge >= 0.3 is 0 Å². The number of benzene rings is 4. The highest BCUT2D eigenvalue weighted by Gasteiger charge is 2.28. The van der Waals surface area contributed by atoms with Crippen molar-refractivity contribution in [3.63, 3.8) is 0 Å². The summed E-state index contributed by atoms with van der Waals surface area (Å²) in [6.07, 6.45) is 1.79. The average Bonchev–Trinajstić information content (AvgIpc) is 3.18. The molecule has 0 heterocycles. The number of carbonyl (C=O) groups is 3. The second-order valence-electron chi connectivity index (χ2n) is 13.2. The molecule has 286 valence electrons. The summed E-state index contributed by atoms with van der Waals surface area (Å²) in [5, 5.41) is 11.6. The molecule has 0 spiro atoms. The first-order valence-electron chi connectivity index (χ1n) is 18.3. The van der Waals surface area contributed by atoms with Gasteiger partial charge in [0.05, 0.1) is 6.04 Å². The summed E-state index contributed by atoms with van der Waals surface area (Å²) >= 11 is 0. The smallest absolute Gasteiger partial charge is 0.243 e. The number of nitrogens with two attached hydrogens (primary N) is 5. The van der Waals surface area contributed by atoms with Gasteiger partial charge in [-0.3, -0.25) is 24.7 Å². The summed E-state index contributed by atoms with van der Waals surface area (Å²) < 4.78 is 0. The van der Waals surface area contributed by atoms with Crippen molar-refractivity contribution in [2.45, 2.75) is 62.9 Å². The van der Waals surface area contributed by atoms with Gasteiger partial charge in [0, 0.05) is 19.5 Å². The van der Waals surface area contributed by atoms with Crippen molar-refractivity contribution >= 4 is 23.7 Å². The lowest BCUT2D eigenvalue weighted by Crippen LogP contribution is -2.56. The van der Waals surface area contributed by atoms with Crippen LogP contribution in [0.3, 0.4) is 0 Å². The molecule has 13 nitrogen and oxygen atoms in total. The maximum atomic E-state index is 13.9. The molecule has 0 saturated carbocycles. The number of unbranched alkanes of at least 4 members (excludes halogenated alkanes) is 1. The SMILES string of the molecule is NC(N)=NCCCCNC(=O)[C@@H](Cc1ccc(-c2ccccc2)cc1)NC(=O)[C@H](CCCNC(N)N)NC(=O)[C@@H](N)Cc1ccc(-c2ccccc2)cc1. The van der Waals surface area contributed by atoms with E-state index in [0.717, 1.165) is 33.4 Å². The largest absolute Gasteiger partial charge is 0.370 e. The second kappa shape index (κ2) is 21.8. The zero-order valence-electron chi connectivity index (χ0n) is 30.6. The highest BCUT2D eigenvalue weighted by Crippen LogP contribution is 2.21. The minimum Gasteiger partial charge on any atom is -0.370 e. The van der Waals surface area contributed by atoms with E-state index in [0.29, 0.717) is 38.9 Å². The van der Waals surface area contributed by atoms with E-state index < -0.39 is 36.2 Å². The van der Waals surface area contributed by atoms with Crippen LogP contribution in [0.2, 0.25) is 0 Å². The molecule has 0 bridgehead atoms. The standard InChI is InChI=1S/C41H54N10O3/c42-34(26-28-15-19-32(20-16-28)30-10-3-1-4-11-30)37(52)50-35(14-9-25-49-41(45)46)39(54)51-36(38(53)47-23-7-8-24-48-40(43)44)27-29-17-21-33(22-18-29)31-12-5-2-6-13-31/h1-6,10-13,15-22,34-36,41,49H,7-9,14,23-27,42,45-46H2,(H,47,53)(H,50,52)(H,51,54)(H4,43,44,48)/t34-,35-,36+/m0/s1. The molecule has 0 saturated heterocycles. The zero-order chi connectivity index (χ0) is 38.7. The normalized spacial score (nSPS) is 12.7. The Kier molecular flexibility index (Phi) is 16.6. The predicted octanol–water partition coefficient (Wildman–Crippen LogP) is 1.84. The first-order valence-corrected chi connectivity index (χ1v) is 18.3. The van der Waals surface area contributed by atoms with Crippen LogP contribution in [0, 0.1) is 0 Å². The summed E-state index contributed by atoms with van der Waals surface area (Å²) in [6, 6.07) is 32.8. The Labute approximate surface area is 317 Å². The summed E-state index contributed by atoms with van der Waals surface area (Å²) in [5.41, 5.74) is 34.4. The van der Waals surface area contributed by atoms with Gasteiger partial charge < -0.3 is 44.6 Å². The molecular weight excluding hydrogens is 681 g/mol. The summed E-state index contributed by atoms with van der Waals surface area (Å²) in [6.45, 7) is 1.22. The lowest BCUT2D eigenvalue weighted by molar-refractivity contribution is -0.132. The number of hydrogen-bond acceptors (Lipinski definition) is 8. The summed E-state index contributed by atoms with van der Waals surface area (Å²) in [4.78, 5) is 44.9. The van der Waals surface area contributed by atoms with Gasteiger partial charge in [-0.25, -0.2) is 0 Å². The molecule has 54 heavy (non-hydrogen) atoms. The van der Waals surface area contributed by atoms with E-state index in [9.17, 15) is 14.4 Å². The molecular formula is C41H54N10O3. The lowest BCUT2D eigenvalue weighted by Gasteiger charge is -2.25. The summed E-state index contributed by atoms with van der Waals surface area (Å²) in [5.74, 6) is -1.33. The molecule has 0 aromatic heterocycles. The third-order valence-corrected chi connectivity index (χ3v) is 8.85. The van der Waals surface area contributed by atoms with Crippen molar-refractivity contribution in [1.29, 1.82) is 0 Å². The third kappa shape index (κ3) is 14.1. The molecule has 13 heteroatoms. The van der Waals surface area contributed by atoms with Crippen LogP contribution < -0.4 is 49.9 Å². The number of nitrogens with one attached hydrogen (secondary N) is 4.